The normalized spacial score (nSPS) is 33.9. The number of nitrogens with zero attached hydrogens (tertiary/aromatic N) is 1. The van der Waals surface area contributed by atoms with Crippen molar-refractivity contribution < 1.29 is 18.0 Å². The first-order valence-corrected chi connectivity index (χ1v) is 13.4. The zero-order valence-corrected chi connectivity index (χ0v) is 19.6. The van der Waals surface area contributed by atoms with E-state index in [9.17, 15) is 18.0 Å². The molecule has 1 atom stereocenters. The molecule has 1 saturated heterocycles. The number of nitrogens with one attached hydrogen (secondary N) is 2. The minimum atomic E-state index is -3.82. The first-order chi connectivity index (χ1) is 15.2. The molecule has 4 saturated carbocycles. The minimum absolute atomic E-state index is 0.0842. The molecule has 4 aliphatic carbocycles. The van der Waals surface area contributed by atoms with Crippen LogP contribution in [0.2, 0.25) is 5.02 Å². The lowest BCUT2D eigenvalue weighted by Crippen LogP contribution is -2.53. The molecule has 2 N–H and O–H groups in total. The molecular weight excluding hydrogens is 450 g/mol. The molecule has 32 heavy (non-hydrogen) atoms. The van der Waals surface area contributed by atoms with Gasteiger partial charge >= 0.3 is 0 Å². The number of hydrazine groups is 1. The van der Waals surface area contributed by atoms with Crippen molar-refractivity contribution in [3.8, 4) is 0 Å². The molecule has 0 unspecified atom stereocenters. The molecule has 0 radical (unpaired) electrons. The van der Waals surface area contributed by atoms with Crippen molar-refractivity contribution in [2.45, 2.75) is 68.7 Å². The summed E-state index contributed by atoms with van der Waals surface area (Å²) < 4.78 is 27.3. The van der Waals surface area contributed by atoms with E-state index in [1.54, 1.807) is 0 Å². The van der Waals surface area contributed by atoms with Crippen LogP contribution in [0.4, 0.5) is 0 Å². The summed E-state index contributed by atoms with van der Waals surface area (Å²) in [6.45, 7) is 0.268. The Morgan fingerprint density at radius 1 is 1.00 bits per heavy atom. The van der Waals surface area contributed by atoms with Crippen molar-refractivity contribution in [2.24, 2.45) is 23.2 Å². The standard InChI is InChI=1S/C23H30ClN3O4S/c24-18-3-5-19(6-4-18)32(30,31)27-7-1-2-20(27)22(29)26-25-21(28)14-23-11-15-8-16(12-23)10-17(9-15)13-23/h3-6,15-17,20H,1-2,7-14H2,(H,25,28)(H,26,29)/t15?,16?,17?,20-,23?/m1/s1. The number of amides is 2. The molecule has 0 spiro atoms. The SMILES string of the molecule is O=C(CC12CC3CC(CC(C3)C1)C2)NNC(=O)[C@H]1CCCN1S(=O)(=O)c1ccc(Cl)cc1. The summed E-state index contributed by atoms with van der Waals surface area (Å²) >= 11 is 5.87. The van der Waals surface area contributed by atoms with Gasteiger partial charge in [0.05, 0.1) is 4.90 Å². The average molecular weight is 480 g/mol. The molecule has 2 amide bonds. The van der Waals surface area contributed by atoms with Gasteiger partial charge in [0.1, 0.15) is 6.04 Å². The molecule has 7 nitrogen and oxygen atoms in total. The van der Waals surface area contributed by atoms with E-state index >= 15 is 0 Å². The van der Waals surface area contributed by atoms with E-state index in [-0.39, 0.29) is 22.8 Å². The van der Waals surface area contributed by atoms with Crippen LogP contribution in [-0.2, 0) is 19.6 Å². The van der Waals surface area contributed by atoms with Gasteiger partial charge in [-0.25, -0.2) is 8.42 Å². The molecule has 9 heteroatoms. The van der Waals surface area contributed by atoms with E-state index in [4.69, 9.17) is 11.6 Å². The molecule has 1 aromatic rings. The van der Waals surface area contributed by atoms with Crippen LogP contribution >= 0.6 is 11.6 Å². The second-order valence-corrected chi connectivity index (χ2v) is 12.7. The number of benzene rings is 1. The van der Waals surface area contributed by atoms with Crippen LogP contribution in [0, 0.1) is 23.2 Å². The van der Waals surface area contributed by atoms with E-state index in [2.05, 4.69) is 10.9 Å². The Morgan fingerprint density at radius 3 is 2.19 bits per heavy atom. The molecule has 1 aliphatic heterocycles. The molecule has 0 aromatic heterocycles. The molecule has 1 heterocycles. The smallest absolute Gasteiger partial charge is 0.256 e. The van der Waals surface area contributed by atoms with E-state index in [1.165, 1.54) is 47.8 Å². The number of carbonyl (C=O) groups is 2. The summed E-state index contributed by atoms with van der Waals surface area (Å²) in [7, 11) is -3.82. The highest BCUT2D eigenvalue weighted by Crippen LogP contribution is 2.61. The van der Waals surface area contributed by atoms with Crippen LogP contribution in [0.5, 0.6) is 0 Å². The zero-order chi connectivity index (χ0) is 22.5. The highest BCUT2D eigenvalue weighted by atomic mass is 35.5. The zero-order valence-electron chi connectivity index (χ0n) is 18.1. The van der Waals surface area contributed by atoms with Crippen molar-refractivity contribution in [1.82, 2.24) is 15.2 Å². The van der Waals surface area contributed by atoms with Crippen molar-refractivity contribution in [1.29, 1.82) is 0 Å². The first-order valence-electron chi connectivity index (χ1n) is 11.6. The van der Waals surface area contributed by atoms with E-state index < -0.39 is 22.0 Å². The number of hydrogen-bond acceptors (Lipinski definition) is 4. The summed E-state index contributed by atoms with van der Waals surface area (Å²) in [4.78, 5) is 25.6. The Kier molecular flexibility index (Phi) is 5.75. The fraction of sp³-hybridized carbons (Fsp3) is 0.652. The first kappa shape index (κ1) is 22.2. The fourth-order valence-electron chi connectivity index (χ4n) is 7.14. The third-order valence-corrected chi connectivity index (χ3v) is 10.1. The van der Waals surface area contributed by atoms with Gasteiger partial charge in [-0.05, 0) is 98.8 Å². The maximum absolute atomic E-state index is 13.0. The van der Waals surface area contributed by atoms with Gasteiger partial charge in [-0.15, -0.1) is 0 Å². The molecule has 5 fully saturated rings. The van der Waals surface area contributed by atoms with Crippen molar-refractivity contribution in [2.75, 3.05) is 6.54 Å². The predicted molar refractivity (Wildman–Crippen MR) is 120 cm³/mol. The third-order valence-electron chi connectivity index (χ3n) is 7.95. The number of rotatable bonds is 5. The van der Waals surface area contributed by atoms with Gasteiger partial charge in [0.25, 0.3) is 5.91 Å². The Morgan fingerprint density at radius 2 is 1.59 bits per heavy atom. The van der Waals surface area contributed by atoms with Gasteiger partial charge in [-0.3, -0.25) is 20.4 Å². The number of sulfonamides is 1. The monoisotopic (exact) mass is 479 g/mol. The van der Waals surface area contributed by atoms with Crippen LogP contribution in [0.3, 0.4) is 0 Å². The Hall–Kier alpha value is -1.64. The second kappa shape index (κ2) is 8.29. The minimum Gasteiger partial charge on any atom is -0.273 e. The lowest BCUT2D eigenvalue weighted by atomic mass is 9.49. The highest BCUT2D eigenvalue weighted by molar-refractivity contribution is 7.89. The van der Waals surface area contributed by atoms with E-state index in [0.717, 1.165) is 37.0 Å². The number of carbonyl (C=O) groups excluding carboxylic acids is 2. The Labute approximate surface area is 194 Å². The van der Waals surface area contributed by atoms with Gasteiger partial charge in [-0.2, -0.15) is 4.31 Å². The molecule has 174 valence electrons. The molecule has 5 aliphatic rings. The maximum atomic E-state index is 13.0. The van der Waals surface area contributed by atoms with Crippen LogP contribution < -0.4 is 10.9 Å². The highest BCUT2D eigenvalue weighted by Gasteiger charge is 2.51. The Balaban J connectivity index is 1.19. The van der Waals surface area contributed by atoms with Gasteiger partial charge in [0, 0.05) is 18.0 Å². The summed E-state index contributed by atoms with van der Waals surface area (Å²) in [5.74, 6) is 1.61. The lowest BCUT2D eigenvalue weighted by Gasteiger charge is -2.56. The van der Waals surface area contributed by atoms with Crippen LogP contribution in [0.25, 0.3) is 0 Å². The van der Waals surface area contributed by atoms with Gasteiger partial charge in [-0.1, -0.05) is 11.6 Å². The molecule has 6 rings (SSSR count). The van der Waals surface area contributed by atoms with Crippen molar-refractivity contribution >= 4 is 33.4 Å². The van der Waals surface area contributed by atoms with Crippen molar-refractivity contribution in [3.63, 3.8) is 0 Å². The molecule has 1 aromatic carbocycles. The van der Waals surface area contributed by atoms with E-state index in [0.29, 0.717) is 24.3 Å². The van der Waals surface area contributed by atoms with Crippen LogP contribution in [0.15, 0.2) is 29.2 Å². The number of hydrogen-bond donors (Lipinski definition) is 2. The van der Waals surface area contributed by atoms with Gasteiger partial charge < -0.3 is 0 Å². The molecule has 4 bridgehead atoms. The summed E-state index contributed by atoms with van der Waals surface area (Å²) in [6, 6.07) is 5.08. The third kappa shape index (κ3) is 4.17. The predicted octanol–water partition coefficient (Wildman–Crippen LogP) is 3.25. The number of halogens is 1. The second-order valence-electron chi connectivity index (χ2n) is 10.4. The molecular formula is C23H30ClN3O4S. The summed E-state index contributed by atoms with van der Waals surface area (Å²) in [6.07, 6.45) is 8.76. The van der Waals surface area contributed by atoms with Crippen LogP contribution in [-0.4, -0.2) is 37.1 Å². The largest absolute Gasteiger partial charge is 0.273 e. The van der Waals surface area contributed by atoms with Gasteiger partial charge in [0.15, 0.2) is 0 Å². The van der Waals surface area contributed by atoms with Gasteiger partial charge in [0.2, 0.25) is 15.9 Å². The lowest BCUT2D eigenvalue weighted by molar-refractivity contribution is -0.135. The fourth-order valence-corrected chi connectivity index (χ4v) is 8.92. The van der Waals surface area contributed by atoms with E-state index in [1.807, 2.05) is 0 Å². The summed E-state index contributed by atoms with van der Waals surface area (Å²) in [5.41, 5.74) is 5.16. The average Bonchev–Trinajstić information content (AvgIpc) is 3.22. The topological polar surface area (TPSA) is 95.6 Å². The van der Waals surface area contributed by atoms with Crippen LogP contribution in [0.1, 0.15) is 57.8 Å². The quantitative estimate of drug-likeness (QED) is 0.633. The summed E-state index contributed by atoms with van der Waals surface area (Å²) in [5, 5.41) is 0.446. The maximum Gasteiger partial charge on any atom is 0.256 e. The van der Waals surface area contributed by atoms with Crippen molar-refractivity contribution in [3.05, 3.63) is 29.3 Å². The Bertz CT molecular complexity index is 975.